The van der Waals surface area contributed by atoms with E-state index in [-0.39, 0.29) is 12.8 Å². The number of carbonyl (C=O) groups is 2. The van der Waals surface area contributed by atoms with Crippen LogP contribution in [0.4, 0.5) is 0 Å². The van der Waals surface area contributed by atoms with Gasteiger partial charge in [-0.3, -0.25) is 9.59 Å². The molecule has 0 amide bonds. The summed E-state index contributed by atoms with van der Waals surface area (Å²) in [5.74, 6) is -0.916. The molecule has 0 aliphatic rings. The summed E-state index contributed by atoms with van der Waals surface area (Å²) in [5.41, 5.74) is 0. The third kappa shape index (κ3) is 6.05. The average molecular weight is 196 g/mol. The molecule has 0 radical (unpaired) electrons. The second kappa shape index (κ2) is 6.36. The fourth-order valence-electron chi connectivity index (χ4n) is 0.468. The Labute approximate surface area is 75.5 Å². The first-order valence-electron chi connectivity index (χ1n) is 2.89. The zero-order chi connectivity index (χ0) is 8.69. The van der Waals surface area contributed by atoms with Crippen LogP contribution in [0, 0.1) is 0 Å². The van der Waals surface area contributed by atoms with Gasteiger partial charge in [-0.15, -0.1) is 0 Å². The fraction of sp³-hybridized carbons (Fsp3) is 0.600. The van der Waals surface area contributed by atoms with E-state index in [4.69, 9.17) is 0 Å². The van der Waals surface area contributed by atoms with Gasteiger partial charge in [0, 0.05) is 38.7 Å². The van der Waals surface area contributed by atoms with Crippen molar-refractivity contribution in [2.24, 2.45) is 0 Å². The normalized spacial score (nSPS) is 8.91. The smallest absolute Gasteiger partial charge is 0.317 e. The van der Waals surface area contributed by atoms with Crippen molar-refractivity contribution in [1.82, 2.24) is 0 Å². The van der Waals surface area contributed by atoms with Crippen LogP contribution in [0.5, 0.6) is 0 Å². The monoisotopic (exact) mass is 196 g/mol. The molecule has 0 aromatic rings. The fourth-order valence-corrected chi connectivity index (χ4v) is 0.651. The largest absolute Gasteiger partial charge is 0.395 e. The molecule has 0 fully saturated rings. The van der Waals surface area contributed by atoms with Gasteiger partial charge in [-0.2, -0.15) is 0 Å². The second-order valence-electron chi connectivity index (χ2n) is 1.78. The van der Waals surface area contributed by atoms with Crippen molar-refractivity contribution in [3.8, 4) is 0 Å². The SMILES string of the molecule is O=C(CCCC(=O)OS)OS. The van der Waals surface area contributed by atoms with Crippen molar-refractivity contribution >= 4 is 37.8 Å². The molecular formula is C5H8O4S2. The zero-order valence-electron chi connectivity index (χ0n) is 5.65. The summed E-state index contributed by atoms with van der Waals surface area (Å²) in [5, 5.41) is 0. The van der Waals surface area contributed by atoms with E-state index in [0.717, 1.165) is 0 Å². The minimum atomic E-state index is -0.458. The zero-order valence-corrected chi connectivity index (χ0v) is 7.44. The van der Waals surface area contributed by atoms with Gasteiger partial charge < -0.3 is 8.37 Å². The lowest BCUT2D eigenvalue weighted by Gasteiger charge is -1.96. The lowest BCUT2D eigenvalue weighted by atomic mass is 10.2. The Morgan fingerprint density at radius 2 is 1.36 bits per heavy atom. The highest BCUT2D eigenvalue weighted by molar-refractivity contribution is 7.75. The predicted molar refractivity (Wildman–Crippen MR) is 44.0 cm³/mol. The van der Waals surface area contributed by atoms with E-state index in [1.807, 2.05) is 0 Å². The molecule has 0 heterocycles. The Morgan fingerprint density at radius 3 is 1.64 bits per heavy atom. The quantitative estimate of drug-likeness (QED) is 0.519. The van der Waals surface area contributed by atoms with Crippen LogP contribution in [0.2, 0.25) is 0 Å². The first-order valence-corrected chi connectivity index (χ1v) is 3.62. The lowest BCUT2D eigenvalue weighted by Crippen LogP contribution is -2.01. The lowest BCUT2D eigenvalue weighted by molar-refractivity contribution is -0.134. The maximum atomic E-state index is 10.4. The second-order valence-corrected chi connectivity index (χ2v) is 2.15. The summed E-state index contributed by atoms with van der Waals surface area (Å²) in [7, 11) is 0. The molecule has 0 rings (SSSR count). The van der Waals surface area contributed by atoms with Gasteiger partial charge in [0.05, 0.1) is 0 Å². The third-order valence-corrected chi connectivity index (χ3v) is 1.37. The first-order chi connectivity index (χ1) is 5.20. The van der Waals surface area contributed by atoms with Crippen LogP contribution in [0.3, 0.4) is 0 Å². The van der Waals surface area contributed by atoms with E-state index in [1.54, 1.807) is 0 Å². The van der Waals surface area contributed by atoms with Crippen molar-refractivity contribution in [2.75, 3.05) is 0 Å². The van der Waals surface area contributed by atoms with Gasteiger partial charge in [-0.05, 0) is 6.42 Å². The van der Waals surface area contributed by atoms with Crippen LogP contribution < -0.4 is 0 Å². The van der Waals surface area contributed by atoms with Gasteiger partial charge in [-0.1, -0.05) is 0 Å². The molecule has 0 spiro atoms. The summed E-state index contributed by atoms with van der Waals surface area (Å²) < 4.78 is 8.10. The highest BCUT2D eigenvalue weighted by Gasteiger charge is 2.04. The van der Waals surface area contributed by atoms with Crippen LogP contribution >= 0.6 is 25.8 Å². The predicted octanol–water partition coefficient (Wildman–Crippen LogP) is 0.933. The van der Waals surface area contributed by atoms with E-state index in [1.165, 1.54) is 0 Å². The van der Waals surface area contributed by atoms with Crippen molar-refractivity contribution < 1.29 is 18.0 Å². The Balaban J connectivity index is 3.27. The van der Waals surface area contributed by atoms with Crippen LogP contribution in [0.15, 0.2) is 0 Å². The van der Waals surface area contributed by atoms with E-state index in [0.29, 0.717) is 6.42 Å². The van der Waals surface area contributed by atoms with Gasteiger partial charge in [0.2, 0.25) is 0 Å². The van der Waals surface area contributed by atoms with Gasteiger partial charge >= 0.3 is 11.9 Å². The minimum absolute atomic E-state index is 0.159. The number of rotatable bonds is 4. The van der Waals surface area contributed by atoms with Crippen molar-refractivity contribution in [2.45, 2.75) is 19.3 Å². The highest BCUT2D eigenvalue weighted by atomic mass is 32.1. The number of carbonyl (C=O) groups excluding carboxylic acids is 2. The summed E-state index contributed by atoms with van der Waals surface area (Å²) in [6, 6.07) is 0. The molecule has 0 unspecified atom stereocenters. The van der Waals surface area contributed by atoms with Crippen LogP contribution in [0.25, 0.3) is 0 Å². The maximum Gasteiger partial charge on any atom is 0.317 e. The van der Waals surface area contributed by atoms with Gasteiger partial charge in [0.15, 0.2) is 0 Å². The number of hydrogen-bond donors (Lipinski definition) is 2. The van der Waals surface area contributed by atoms with Crippen LogP contribution in [-0.4, -0.2) is 11.9 Å². The van der Waals surface area contributed by atoms with E-state index in [9.17, 15) is 9.59 Å². The van der Waals surface area contributed by atoms with E-state index < -0.39 is 11.9 Å². The Bertz CT molecular complexity index is 131. The molecule has 4 nitrogen and oxygen atoms in total. The Morgan fingerprint density at radius 1 is 1.00 bits per heavy atom. The number of hydrogen-bond acceptors (Lipinski definition) is 6. The van der Waals surface area contributed by atoms with Crippen molar-refractivity contribution in [1.29, 1.82) is 0 Å². The van der Waals surface area contributed by atoms with E-state index in [2.05, 4.69) is 34.2 Å². The Hall–Kier alpha value is -0.360. The van der Waals surface area contributed by atoms with Gasteiger partial charge in [0.1, 0.15) is 0 Å². The molecule has 6 heteroatoms. The van der Waals surface area contributed by atoms with Gasteiger partial charge in [0.25, 0.3) is 0 Å². The topological polar surface area (TPSA) is 52.6 Å². The van der Waals surface area contributed by atoms with Crippen molar-refractivity contribution in [3.05, 3.63) is 0 Å². The molecule has 0 saturated carbocycles. The minimum Gasteiger partial charge on any atom is -0.395 e. The standard InChI is InChI=1S/C5H8O4S2/c6-4(8-10)2-1-3-5(7)9-11/h10-11H,1-3H2. The maximum absolute atomic E-state index is 10.4. The van der Waals surface area contributed by atoms with E-state index >= 15 is 0 Å². The molecule has 0 bridgehead atoms. The summed E-state index contributed by atoms with van der Waals surface area (Å²) in [6.07, 6.45) is 0.706. The first kappa shape index (κ1) is 10.6. The molecule has 0 saturated heterocycles. The van der Waals surface area contributed by atoms with Crippen LogP contribution in [-0.2, 0) is 18.0 Å². The molecule has 0 N–H and O–H groups in total. The molecular weight excluding hydrogens is 188 g/mol. The molecule has 0 aliphatic heterocycles. The number of thiol groups is 2. The Kier molecular flexibility index (Phi) is 6.15. The molecule has 0 aromatic carbocycles. The summed E-state index contributed by atoms with van der Waals surface area (Å²) >= 11 is 6.56. The molecule has 0 aromatic heterocycles. The average Bonchev–Trinajstić information content (AvgIpc) is 2.04. The third-order valence-electron chi connectivity index (χ3n) is 0.965. The summed E-state index contributed by atoms with van der Waals surface area (Å²) in [4.78, 5) is 20.8. The van der Waals surface area contributed by atoms with Gasteiger partial charge in [-0.25, -0.2) is 0 Å². The van der Waals surface area contributed by atoms with Crippen LogP contribution in [0.1, 0.15) is 19.3 Å². The molecule has 0 atom stereocenters. The molecule has 11 heavy (non-hydrogen) atoms. The highest BCUT2D eigenvalue weighted by Crippen LogP contribution is 2.00. The molecule has 0 aliphatic carbocycles. The molecule has 64 valence electrons. The summed E-state index contributed by atoms with van der Waals surface area (Å²) in [6.45, 7) is 0. The van der Waals surface area contributed by atoms with Crippen molar-refractivity contribution in [3.63, 3.8) is 0 Å².